The molecule has 5 heteroatoms. The molecule has 0 bridgehead atoms. The summed E-state index contributed by atoms with van der Waals surface area (Å²) in [5.41, 5.74) is 3.18. The van der Waals surface area contributed by atoms with Gasteiger partial charge in [-0.3, -0.25) is 4.79 Å². The second-order valence-electron chi connectivity index (χ2n) is 6.30. The van der Waals surface area contributed by atoms with Gasteiger partial charge in [-0.05, 0) is 60.7 Å². The predicted molar refractivity (Wildman–Crippen MR) is 108 cm³/mol. The third-order valence-electron chi connectivity index (χ3n) is 3.89. The minimum Gasteiger partial charge on any atom is -0.494 e. The van der Waals surface area contributed by atoms with E-state index in [9.17, 15) is 4.79 Å². The Morgan fingerprint density at radius 3 is 2.64 bits per heavy atom. The number of ether oxygens (including phenoxy) is 1. The Kier molecular flexibility index (Phi) is 7.33. The molecule has 0 heterocycles. The van der Waals surface area contributed by atoms with Gasteiger partial charge < -0.3 is 10.1 Å². The van der Waals surface area contributed by atoms with E-state index in [0.717, 1.165) is 10.2 Å². The molecule has 2 aromatic carbocycles. The van der Waals surface area contributed by atoms with Crippen LogP contribution in [0.4, 0.5) is 5.69 Å². The topological polar surface area (TPSA) is 38.3 Å². The number of nitrogens with one attached hydrogen (secondary N) is 1. The van der Waals surface area contributed by atoms with Crippen LogP contribution in [0.15, 0.2) is 40.9 Å². The van der Waals surface area contributed by atoms with Crippen molar-refractivity contribution in [3.63, 3.8) is 0 Å². The van der Waals surface area contributed by atoms with Crippen LogP contribution in [0.3, 0.4) is 0 Å². The molecule has 0 aliphatic rings. The van der Waals surface area contributed by atoms with E-state index in [2.05, 4.69) is 54.2 Å². The highest BCUT2D eigenvalue weighted by molar-refractivity contribution is 9.10. The largest absolute Gasteiger partial charge is 0.494 e. The molecule has 0 spiro atoms. The molecule has 134 valence electrons. The quantitative estimate of drug-likeness (QED) is 0.527. The zero-order valence-corrected chi connectivity index (χ0v) is 17.1. The minimum atomic E-state index is -0.0702. The van der Waals surface area contributed by atoms with E-state index in [-0.39, 0.29) is 5.91 Å². The van der Waals surface area contributed by atoms with Gasteiger partial charge in [0.05, 0.1) is 17.3 Å². The maximum Gasteiger partial charge on any atom is 0.224 e. The summed E-state index contributed by atoms with van der Waals surface area (Å²) in [7, 11) is 0. The number of rotatable bonds is 7. The summed E-state index contributed by atoms with van der Waals surface area (Å²) in [6.45, 7) is 6.96. The van der Waals surface area contributed by atoms with Crippen molar-refractivity contribution in [2.24, 2.45) is 0 Å². The molecule has 0 atom stereocenters. The molecule has 25 heavy (non-hydrogen) atoms. The number of hydrogen-bond acceptors (Lipinski definition) is 2. The Balaban J connectivity index is 1.77. The van der Waals surface area contributed by atoms with E-state index in [0.29, 0.717) is 36.1 Å². The second-order valence-corrected chi connectivity index (χ2v) is 7.62. The van der Waals surface area contributed by atoms with E-state index in [4.69, 9.17) is 16.3 Å². The van der Waals surface area contributed by atoms with Gasteiger partial charge in [0.2, 0.25) is 5.91 Å². The number of carbonyl (C=O) groups excluding carboxylic acids is 1. The van der Waals surface area contributed by atoms with E-state index < -0.39 is 0 Å². The van der Waals surface area contributed by atoms with Crippen LogP contribution < -0.4 is 10.1 Å². The van der Waals surface area contributed by atoms with E-state index >= 15 is 0 Å². The minimum absolute atomic E-state index is 0.0702. The maximum atomic E-state index is 12.0. The molecule has 0 aromatic heterocycles. The summed E-state index contributed by atoms with van der Waals surface area (Å²) >= 11 is 9.43. The number of amides is 1. The summed E-state index contributed by atoms with van der Waals surface area (Å²) < 4.78 is 6.63. The highest BCUT2D eigenvalue weighted by atomic mass is 79.9. The molecule has 2 rings (SSSR count). The third-order valence-corrected chi connectivity index (χ3v) is 4.69. The Bertz CT molecular complexity index is 746. The fourth-order valence-electron chi connectivity index (χ4n) is 2.61. The molecule has 3 nitrogen and oxygen atoms in total. The van der Waals surface area contributed by atoms with Crippen molar-refractivity contribution in [3.05, 3.63) is 57.0 Å². The van der Waals surface area contributed by atoms with Crippen molar-refractivity contribution in [2.75, 3.05) is 11.9 Å². The van der Waals surface area contributed by atoms with Gasteiger partial charge in [-0.2, -0.15) is 0 Å². The van der Waals surface area contributed by atoms with E-state index in [1.54, 1.807) is 12.1 Å². The van der Waals surface area contributed by atoms with Crippen molar-refractivity contribution < 1.29 is 9.53 Å². The number of hydrogen-bond donors (Lipinski definition) is 1. The van der Waals surface area contributed by atoms with E-state index in [1.807, 2.05) is 12.1 Å². The standard InChI is InChI=1S/C20H23BrClNO2/c1-13(2)17-8-7-16(11-14(17)3)25-10-4-5-20(24)23-19-9-6-15(21)12-18(19)22/h6-9,11-13H,4-5,10H2,1-3H3,(H,23,24). The van der Waals surface area contributed by atoms with Gasteiger partial charge in [-0.25, -0.2) is 0 Å². The van der Waals surface area contributed by atoms with Crippen molar-refractivity contribution in [2.45, 2.75) is 39.5 Å². The SMILES string of the molecule is Cc1cc(OCCCC(=O)Nc2ccc(Br)cc2Cl)ccc1C(C)C. The molecule has 0 radical (unpaired) electrons. The number of halogens is 2. The molecule has 0 fully saturated rings. The molecule has 1 amide bonds. The monoisotopic (exact) mass is 423 g/mol. The van der Waals surface area contributed by atoms with Crippen LogP contribution >= 0.6 is 27.5 Å². The van der Waals surface area contributed by atoms with Gasteiger partial charge in [0, 0.05) is 10.9 Å². The first-order valence-corrected chi connectivity index (χ1v) is 9.52. The number of aryl methyl sites for hydroxylation is 1. The number of carbonyl (C=O) groups is 1. The van der Waals surface area contributed by atoms with Crippen LogP contribution in [0, 0.1) is 6.92 Å². The van der Waals surface area contributed by atoms with Gasteiger partial charge in [0.25, 0.3) is 0 Å². The lowest BCUT2D eigenvalue weighted by Gasteiger charge is -2.12. The summed E-state index contributed by atoms with van der Waals surface area (Å²) in [4.78, 5) is 12.0. The van der Waals surface area contributed by atoms with Gasteiger partial charge >= 0.3 is 0 Å². The summed E-state index contributed by atoms with van der Waals surface area (Å²) in [6, 6.07) is 11.5. The molecule has 0 saturated carbocycles. The van der Waals surface area contributed by atoms with Crippen LogP contribution in [0.25, 0.3) is 0 Å². The third kappa shape index (κ3) is 6.05. The normalized spacial score (nSPS) is 10.8. The van der Waals surface area contributed by atoms with Crippen LogP contribution in [-0.2, 0) is 4.79 Å². The summed E-state index contributed by atoms with van der Waals surface area (Å²) in [5, 5.41) is 3.33. The number of benzene rings is 2. The Morgan fingerprint density at radius 1 is 1.24 bits per heavy atom. The molecule has 0 unspecified atom stereocenters. The lowest BCUT2D eigenvalue weighted by atomic mass is 9.98. The number of anilines is 1. The first-order chi connectivity index (χ1) is 11.9. The Hall–Kier alpha value is -1.52. The molecular weight excluding hydrogens is 402 g/mol. The van der Waals surface area contributed by atoms with Crippen molar-refractivity contribution in [3.8, 4) is 5.75 Å². The lowest BCUT2D eigenvalue weighted by molar-refractivity contribution is -0.116. The van der Waals surface area contributed by atoms with Gasteiger partial charge in [-0.1, -0.05) is 47.4 Å². The van der Waals surface area contributed by atoms with Crippen molar-refractivity contribution in [1.29, 1.82) is 0 Å². The van der Waals surface area contributed by atoms with Gasteiger partial charge in [-0.15, -0.1) is 0 Å². The summed E-state index contributed by atoms with van der Waals surface area (Å²) in [5.74, 6) is 1.28. The zero-order chi connectivity index (χ0) is 18.4. The average molecular weight is 425 g/mol. The highest BCUT2D eigenvalue weighted by Crippen LogP contribution is 2.26. The van der Waals surface area contributed by atoms with Crippen LogP contribution in [-0.4, -0.2) is 12.5 Å². The molecule has 0 saturated heterocycles. The highest BCUT2D eigenvalue weighted by Gasteiger charge is 2.07. The van der Waals surface area contributed by atoms with Crippen LogP contribution in [0.2, 0.25) is 5.02 Å². The van der Waals surface area contributed by atoms with Crippen molar-refractivity contribution in [1.82, 2.24) is 0 Å². The molecular formula is C20H23BrClNO2. The van der Waals surface area contributed by atoms with Crippen LogP contribution in [0.5, 0.6) is 5.75 Å². The van der Waals surface area contributed by atoms with Gasteiger partial charge in [0.15, 0.2) is 0 Å². The molecule has 1 N–H and O–H groups in total. The Morgan fingerprint density at radius 2 is 2.00 bits per heavy atom. The summed E-state index contributed by atoms with van der Waals surface area (Å²) in [6.07, 6.45) is 1.03. The Labute approximate surface area is 162 Å². The molecule has 0 aliphatic heterocycles. The first kappa shape index (κ1) is 19.8. The van der Waals surface area contributed by atoms with Crippen molar-refractivity contribution >= 4 is 39.1 Å². The smallest absolute Gasteiger partial charge is 0.224 e. The molecule has 2 aromatic rings. The maximum absolute atomic E-state index is 12.0. The molecule has 0 aliphatic carbocycles. The lowest BCUT2D eigenvalue weighted by Crippen LogP contribution is -2.13. The fourth-order valence-corrected chi connectivity index (χ4v) is 3.33. The fraction of sp³-hybridized carbons (Fsp3) is 0.350. The first-order valence-electron chi connectivity index (χ1n) is 8.35. The predicted octanol–water partition coefficient (Wildman–Crippen LogP) is 6.33. The van der Waals surface area contributed by atoms with E-state index in [1.165, 1.54) is 11.1 Å². The second kappa shape index (κ2) is 9.25. The average Bonchev–Trinajstić information content (AvgIpc) is 2.54. The van der Waals surface area contributed by atoms with Crippen LogP contribution in [0.1, 0.15) is 43.7 Å². The zero-order valence-electron chi connectivity index (χ0n) is 14.7. The van der Waals surface area contributed by atoms with Gasteiger partial charge in [0.1, 0.15) is 5.75 Å².